The van der Waals surface area contributed by atoms with Crippen molar-refractivity contribution in [1.29, 1.82) is 0 Å². The second-order valence-corrected chi connectivity index (χ2v) is 5.99. The van der Waals surface area contributed by atoms with Crippen molar-refractivity contribution in [2.45, 2.75) is 65.0 Å². The van der Waals surface area contributed by atoms with Gasteiger partial charge in [0.1, 0.15) is 0 Å². The molecule has 3 atom stereocenters. The van der Waals surface area contributed by atoms with E-state index in [4.69, 9.17) is 10.5 Å². The number of hydrogen-bond acceptors (Lipinski definition) is 3. The molecule has 0 aromatic heterocycles. The minimum atomic E-state index is 0.104. The van der Waals surface area contributed by atoms with Gasteiger partial charge in [0.25, 0.3) is 0 Å². The predicted molar refractivity (Wildman–Crippen MR) is 77.8 cm³/mol. The van der Waals surface area contributed by atoms with E-state index in [9.17, 15) is 4.79 Å². The van der Waals surface area contributed by atoms with Gasteiger partial charge in [-0.25, -0.2) is 0 Å². The van der Waals surface area contributed by atoms with Gasteiger partial charge in [-0.1, -0.05) is 26.7 Å². The molecule has 3 unspecified atom stereocenters. The van der Waals surface area contributed by atoms with E-state index in [1.165, 1.54) is 12.8 Å². The topological polar surface area (TPSA) is 64.3 Å². The summed E-state index contributed by atoms with van der Waals surface area (Å²) in [5.41, 5.74) is 6.09. The lowest BCUT2D eigenvalue weighted by Crippen LogP contribution is -2.44. The van der Waals surface area contributed by atoms with Crippen LogP contribution in [-0.4, -0.2) is 31.2 Å². The molecule has 0 aliphatic heterocycles. The number of carbonyl (C=O) groups is 1. The first kappa shape index (κ1) is 16.4. The highest BCUT2D eigenvalue weighted by Gasteiger charge is 2.25. The molecule has 0 saturated heterocycles. The minimum absolute atomic E-state index is 0.104. The molecule has 1 rings (SSSR count). The van der Waals surface area contributed by atoms with Crippen molar-refractivity contribution in [3.05, 3.63) is 0 Å². The molecule has 1 amide bonds. The van der Waals surface area contributed by atoms with Crippen LogP contribution in [-0.2, 0) is 9.53 Å². The molecule has 0 aromatic carbocycles. The van der Waals surface area contributed by atoms with Gasteiger partial charge < -0.3 is 15.8 Å². The average Bonchev–Trinajstić information content (AvgIpc) is 2.37. The first-order valence-corrected chi connectivity index (χ1v) is 7.67. The fourth-order valence-corrected chi connectivity index (χ4v) is 2.64. The summed E-state index contributed by atoms with van der Waals surface area (Å²) in [6, 6.07) is 0.302. The number of rotatable bonds is 7. The Balaban J connectivity index is 2.38. The monoisotopic (exact) mass is 270 g/mol. The van der Waals surface area contributed by atoms with Crippen molar-refractivity contribution in [1.82, 2.24) is 5.32 Å². The summed E-state index contributed by atoms with van der Waals surface area (Å²) in [5, 5.41) is 3.10. The molecule has 1 aliphatic rings. The zero-order valence-electron chi connectivity index (χ0n) is 12.7. The second-order valence-electron chi connectivity index (χ2n) is 5.99. The quantitative estimate of drug-likeness (QED) is 0.744. The minimum Gasteiger partial charge on any atom is -0.380 e. The molecule has 0 heterocycles. The van der Waals surface area contributed by atoms with Gasteiger partial charge in [-0.2, -0.15) is 0 Å². The van der Waals surface area contributed by atoms with Crippen LogP contribution in [0.3, 0.4) is 0 Å². The van der Waals surface area contributed by atoms with Crippen LogP contribution in [0.1, 0.15) is 52.9 Å². The highest BCUT2D eigenvalue weighted by molar-refractivity contribution is 5.76. The summed E-state index contributed by atoms with van der Waals surface area (Å²) in [5.74, 6) is 0.866. The fourth-order valence-electron chi connectivity index (χ4n) is 2.64. The fraction of sp³-hybridized carbons (Fsp3) is 0.933. The Morgan fingerprint density at radius 3 is 2.63 bits per heavy atom. The van der Waals surface area contributed by atoms with Crippen LogP contribution in [0.2, 0.25) is 0 Å². The van der Waals surface area contributed by atoms with Gasteiger partial charge in [0.05, 0.1) is 12.6 Å². The number of ether oxygens (including phenoxy) is 1. The van der Waals surface area contributed by atoms with Crippen LogP contribution in [0, 0.1) is 11.8 Å². The number of amides is 1. The maximum atomic E-state index is 12.1. The largest absolute Gasteiger partial charge is 0.380 e. The molecular formula is C15H30N2O2. The normalized spacial score (nSPS) is 25.3. The second kappa shape index (κ2) is 8.54. The van der Waals surface area contributed by atoms with Gasteiger partial charge in [0, 0.05) is 19.1 Å². The van der Waals surface area contributed by atoms with Gasteiger partial charge in [0.2, 0.25) is 5.91 Å². The van der Waals surface area contributed by atoms with Gasteiger partial charge in [-0.3, -0.25) is 4.79 Å². The molecule has 112 valence electrons. The first-order chi connectivity index (χ1) is 9.04. The third kappa shape index (κ3) is 5.91. The summed E-state index contributed by atoms with van der Waals surface area (Å²) in [6.45, 7) is 7.47. The van der Waals surface area contributed by atoms with Crippen molar-refractivity contribution in [3.8, 4) is 0 Å². The lowest BCUT2D eigenvalue weighted by atomic mass is 9.83. The molecule has 0 bridgehead atoms. The Labute approximate surface area is 117 Å². The van der Waals surface area contributed by atoms with Gasteiger partial charge in [-0.15, -0.1) is 0 Å². The Kier molecular flexibility index (Phi) is 7.39. The van der Waals surface area contributed by atoms with Crippen LogP contribution >= 0.6 is 0 Å². The lowest BCUT2D eigenvalue weighted by Gasteiger charge is -2.29. The Morgan fingerprint density at radius 1 is 1.37 bits per heavy atom. The van der Waals surface area contributed by atoms with E-state index in [1.807, 2.05) is 6.92 Å². The Hall–Kier alpha value is -0.610. The lowest BCUT2D eigenvalue weighted by molar-refractivity contribution is -0.124. The Bertz CT molecular complexity index is 269. The average molecular weight is 270 g/mol. The highest BCUT2D eigenvalue weighted by atomic mass is 16.5. The number of carbonyl (C=O) groups excluding carboxylic acids is 1. The van der Waals surface area contributed by atoms with Crippen LogP contribution in [0.25, 0.3) is 0 Å². The summed E-state index contributed by atoms with van der Waals surface area (Å²) >= 11 is 0. The van der Waals surface area contributed by atoms with Gasteiger partial charge in [-0.05, 0) is 31.6 Å². The van der Waals surface area contributed by atoms with Crippen LogP contribution < -0.4 is 11.1 Å². The SMILES string of the molecule is CCOCC(NC(=O)CC1CCCCC1N)C(C)C. The molecule has 19 heavy (non-hydrogen) atoms. The molecule has 1 aliphatic carbocycles. The maximum Gasteiger partial charge on any atom is 0.220 e. The first-order valence-electron chi connectivity index (χ1n) is 7.67. The van der Waals surface area contributed by atoms with E-state index >= 15 is 0 Å². The van der Waals surface area contributed by atoms with E-state index in [0.29, 0.717) is 31.5 Å². The van der Waals surface area contributed by atoms with Crippen molar-refractivity contribution < 1.29 is 9.53 Å². The Morgan fingerprint density at radius 2 is 2.05 bits per heavy atom. The molecular weight excluding hydrogens is 240 g/mol. The van der Waals surface area contributed by atoms with Crippen LogP contribution in [0.5, 0.6) is 0 Å². The summed E-state index contributed by atoms with van der Waals surface area (Å²) < 4.78 is 5.43. The number of hydrogen-bond donors (Lipinski definition) is 2. The highest BCUT2D eigenvalue weighted by Crippen LogP contribution is 2.25. The molecule has 1 fully saturated rings. The van der Waals surface area contributed by atoms with Gasteiger partial charge in [0.15, 0.2) is 0 Å². The van der Waals surface area contributed by atoms with E-state index in [1.54, 1.807) is 0 Å². The predicted octanol–water partition coefficient (Wildman–Crippen LogP) is 2.07. The molecule has 0 radical (unpaired) electrons. The number of nitrogens with two attached hydrogens (primary N) is 1. The smallest absolute Gasteiger partial charge is 0.220 e. The van der Waals surface area contributed by atoms with E-state index in [0.717, 1.165) is 12.8 Å². The van der Waals surface area contributed by atoms with Crippen molar-refractivity contribution in [3.63, 3.8) is 0 Å². The van der Waals surface area contributed by atoms with Crippen molar-refractivity contribution >= 4 is 5.91 Å². The summed E-state index contributed by atoms with van der Waals surface area (Å²) in [4.78, 5) is 12.1. The molecule has 1 saturated carbocycles. The molecule has 0 spiro atoms. The summed E-state index contributed by atoms with van der Waals surface area (Å²) in [7, 11) is 0. The van der Waals surface area contributed by atoms with Crippen molar-refractivity contribution in [2.75, 3.05) is 13.2 Å². The molecule has 3 N–H and O–H groups in total. The molecule has 0 aromatic rings. The van der Waals surface area contributed by atoms with Crippen molar-refractivity contribution in [2.24, 2.45) is 17.6 Å². The standard InChI is InChI=1S/C15H30N2O2/c1-4-19-10-14(11(2)3)17-15(18)9-12-7-5-6-8-13(12)16/h11-14H,4-10,16H2,1-3H3,(H,17,18). The van der Waals surface area contributed by atoms with Gasteiger partial charge >= 0.3 is 0 Å². The van der Waals surface area contributed by atoms with E-state index in [2.05, 4.69) is 19.2 Å². The maximum absolute atomic E-state index is 12.1. The molecule has 4 heteroatoms. The third-order valence-corrected chi connectivity index (χ3v) is 4.07. The number of nitrogens with one attached hydrogen (secondary N) is 1. The van der Waals surface area contributed by atoms with E-state index in [-0.39, 0.29) is 18.0 Å². The third-order valence-electron chi connectivity index (χ3n) is 4.07. The van der Waals surface area contributed by atoms with Crippen LogP contribution in [0.15, 0.2) is 0 Å². The van der Waals surface area contributed by atoms with E-state index < -0.39 is 0 Å². The molecule has 4 nitrogen and oxygen atoms in total. The zero-order valence-corrected chi connectivity index (χ0v) is 12.7. The summed E-state index contributed by atoms with van der Waals surface area (Å²) in [6.07, 6.45) is 5.13. The van der Waals surface area contributed by atoms with Crippen LogP contribution in [0.4, 0.5) is 0 Å². The zero-order chi connectivity index (χ0) is 14.3.